The Morgan fingerprint density at radius 3 is 2.68 bits per heavy atom. The van der Waals surface area contributed by atoms with Crippen molar-refractivity contribution in [2.24, 2.45) is 0 Å². The van der Waals surface area contributed by atoms with Crippen molar-refractivity contribution in [2.45, 2.75) is 13.0 Å². The highest BCUT2D eigenvalue weighted by molar-refractivity contribution is 6.31. The highest BCUT2D eigenvalue weighted by Gasteiger charge is 2.35. The minimum absolute atomic E-state index is 0.302. The van der Waals surface area contributed by atoms with E-state index in [9.17, 15) is 4.79 Å². The number of amides is 1. The molecule has 0 bridgehead atoms. The number of halogens is 1. The number of pyridine rings is 1. The zero-order valence-electron chi connectivity index (χ0n) is 18.5. The first kappa shape index (κ1) is 21.7. The van der Waals surface area contributed by atoms with Gasteiger partial charge in [0.1, 0.15) is 11.8 Å². The number of rotatable bonds is 5. The summed E-state index contributed by atoms with van der Waals surface area (Å²) in [7, 11) is 1.56. The third-order valence-electron chi connectivity index (χ3n) is 5.57. The maximum atomic E-state index is 13.6. The van der Waals surface area contributed by atoms with E-state index in [2.05, 4.69) is 20.6 Å². The number of para-hydroxylation sites is 2. The fourth-order valence-electron chi connectivity index (χ4n) is 3.98. The molecule has 3 heterocycles. The van der Waals surface area contributed by atoms with Gasteiger partial charge in [0.25, 0.3) is 5.91 Å². The fourth-order valence-corrected chi connectivity index (χ4v) is 4.22. The van der Waals surface area contributed by atoms with Gasteiger partial charge in [-0.25, -0.2) is 4.68 Å². The van der Waals surface area contributed by atoms with Crippen molar-refractivity contribution in [3.05, 3.63) is 94.9 Å². The van der Waals surface area contributed by atoms with Gasteiger partial charge < -0.3 is 15.4 Å². The van der Waals surface area contributed by atoms with E-state index in [-0.39, 0.29) is 5.91 Å². The summed E-state index contributed by atoms with van der Waals surface area (Å²) < 4.78 is 7.09. The van der Waals surface area contributed by atoms with E-state index in [1.807, 2.05) is 49.4 Å². The van der Waals surface area contributed by atoms with Crippen molar-refractivity contribution in [1.82, 2.24) is 19.7 Å². The van der Waals surface area contributed by atoms with Crippen LogP contribution in [0.1, 0.15) is 18.5 Å². The number of carbonyl (C=O) groups excluding carboxylic acids is 1. The Balaban J connectivity index is 1.62. The molecule has 0 spiro atoms. The van der Waals surface area contributed by atoms with Crippen LogP contribution in [-0.2, 0) is 4.79 Å². The molecule has 34 heavy (non-hydrogen) atoms. The summed E-state index contributed by atoms with van der Waals surface area (Å²) >= 11 is 6.61. The molecule has 0 saturated carbocycles. The summed E-state index contributed by atoms with van der Waals surface area (Å²) in [5.41, 5.74) is 3.18. The molecule has 2 N–H and O–H groups in total. The van der Waals surface area contributed by atoms with Gasteiger partial charge in [0.2, 0.25) is 5.95 Å². The molecule has 5 rings (SSSR count). The first-order chi connectivity index (χ1) is 16.6. The smallest absolute Gasteiger partial charge is 0.255 e. The molecular formula is C25H21ClN6O2. The van der Waals surface area contributed by atoms with E-state index < -0.39 is 6.04 Å². The fraction of sp³-hybridized carbons (Fsp3) is 0.120. The zero-order valence-corrected chi connectivity index (χ0v) is 19.2. The molecule has 1 aliphatic heterocycles. The summed E-state index contributed by atoms with van der Waals surface area (Å²) in [5.74, 6) is 1.26. The Morgan fingerprint density at radius 1 is 1.12 bits per heavy atom. The standard InChI is InChI=1S/C25H21ClN6O2/c1-15-21(24(33)29-19-11-5-6-12-20(19)34-2)22(17-9-3-4-10-18(17)26)32-25(28-15)30-23(31-32)16-8-7-13-27-14-16/h3-14,22H,1-2H3,(H,29,33)(H,28,30,31)/t22-/m0/s1. The highest BCUT2D eigenvalue weighted by atomic mass is 35.5. The molecule has 0 fully saturated rings. The molecule has 1 atom stereocenters. The number of ether oxygens (including phenoxy) is 1. The first-order valence-corrected chi connectivity index (χ1v) is 11.0. The predicted molar refractivity (Wildman–Crippen MR) is 131 cm³/mol. The lowest BCUT2D eigenvalue weighted by atomic mass is 9.95. The Kier molecular flexibility index (Phi) is 5.73. The van der Waals surface area contributed by atoms with Crippen LogP contribution < -0.4 is 15.4 Å². The molecule has 9 heteroatoms. The van der Waals surface area contributed by atoms with E-state index in [1.165, 1.54) is 0 Å². The Bertz CT molecular complexity index is 1400. The second-order valence-electron chi connectivity index (χ2n) is 7.69. The number of hydrogen-bond donors (Lipinski definition) is 2. The number of fused-ring (bicyclic) bond motifs is 1. The van der Waals surface area contributed by atoms with Gasteiger partial charge in [-0.15, -0.1) is 5.10 Å². The minimum Gasteiger partial charge on any atom is -0.495 e. The normalized spacial score (nSPS) is 14.9. The quantitative estimate of drug-likeness (QED) is 0.427. The van der Waals surface area contributed by atoms with Crippen molar-refractivity contribution in [3.8, 4) is 17.1 Å². The van der Waals surface area contributed by atoms with Gasteiger partial charge in [-0.3, -0.25) is 9.78 Å². The van der Waals surface area contributed by atoms with E-state index in [0.717, 1.165) is 11.1 Å². The topological polar surface area (TPSA) is 94.0 Å². The van der Waals surface area contributed by atoms with E-state index in [1.54, 1.807) is 42.4 Å². The molecule has 0 aliphatic carbocycles. The van der Waals surface area contributed by atoms with Crippen LogP contribution in [0.15, 0.2) is 84.3 Å². The maximum absolute atomic E-state index is 13.6. The number of anilines is 2. The van der Waals surface area contributed by atoms with Gasteiger partial charge in [-0.05, 0) is 37.3 Å². The van der Waals surface area contributed by atoms with E-state index in [0.29, 0.717) is 39.5 Å². The molecule has 1 aliphatic rings. The number of allylic oxidation sites excluding steroid dienone is 1. The third-order valence-corrected chi connectivity index (χ3v) is 5.92. The summed E-state index contributed by atoms with van der Waals surface area (Å²) in [5, 5.41) is 11.5. The molecular weight excluding hydrogens is 452 g/mol. The molecule has 4 aromatic rings. The number of benzene rings is 2. The molecule has 170 valence electrons. The van der Waals surface area contributed by atoms with Crippen molar-refractivity contribution in [3.63, 3.8) is 0 Å². The number of nitrogens with one attached hydrogen (secondary N) is 2. The molecule has 2 aromatic heterocycles. The summed E-state index contributed by atoms with van der Waals surface area (Å²) in [4.78, 5) is 22.5. The summed E-state index contributed by atoms with van der Waals surface area (Å²) in [6.07, 6.45) is 3.39. The van der Waals surface area contributed by atoms with Crippen molar-refractivity contribution in [1.29, 1.82) is 0 Å². The average molecular weight is 473 g/mol. The number of aromatic nitrogens is 4. The largest absolute Gasteiger partial charge is 0.495 e. The third kappa shape index (κ3) is 3.88. The van der Waals surface area contributed by atoms with Crippen molar-refractivity contribution >= 4 is 29.1 Å². The Hall–Kier alpha value is -4.17. The molecule has 8 nitrogen and oxygen atoms in total. The molecule has 1 amide bonds. The lowest BCUT2D eigenvalue weighted by Gasteiger charge is -2.29. The van der Waals surface area contributed by atoms with Gasteiger partial charge in [0.15, 0.2) is 5.82 Å². The van der Waals surface area contributed by atoms with Crippen LogP contribution >= 0.6 is 11.6 Å². The molecule has 0 radical (unpaired) electrons. The van der Waals surface area contributed by atoms with Gasteiger partial charge in [0, 0.05) is 34.2 Å². The van der Waals surface area contributed by atoms with Crippen LogP contribution in [0, 0.1) is 0 Å². The number of methoxy groups -OCH3 is 1. The summed E-state index contributed by atoms with van der Waals surface area (Å²) in [6, 6.07) is 17.8. The lowest BCUT2D eigenvalue weighted by molar-refractivity contribution is -0.113. The van der Waals surface area contributed by atoms with Gasteiger partial charge in [-0.1, -0.05) is 41.9 Å². The van der Waals surface area contributed by atoms with Crippen LogP contribution in [0.5, 0.6) is 5.75 Å². The SMILES string of the molecule is COc1ccccc1NC(=O)C1=C(C)Nc2nc(-c3cccnc3)nn2[C@H]1c1ccccc1Cl. The number of nitrogens with zero attached hydrogens (tertiary/aromatic N) is 4. The number of hydrogen-bond acceptors (Lipinski definition) is 6. The lowest BCUT2D eigenvalue weighted by Crippen LogP contribution is -2.31. The molecule has 2 aromatic carbocycles. The van der Waals surface area contributed by atoms with Crippen LogP contribution in [-0.4, -0.2) is 32.8 Å². The molecule has 0 unspecified atom stereocenters. The van der Waals surface area contributed by atoms with Crippen molar-refractivity contribution in [2.75, 3.05) is 17.7 Å². The van der Waals surface area contributed by atoms with Crippen LogP contribution in [0.25, 0.3) is 11.4 Å². The van der Waals surface area contributed by atoms with Crippen LogP contribution in [0.2, 0.25) is 5.02 Å². The Labute approximate surface area is 201 Å². The second kappa shape index (κ2) is 8.99. The second-order valence-corrected chi connectivity index (χ2v) is 8.09. The average Bonchev–Trinajstić information content (AvgIpc) is 3.28. The number of carbonyl (C=O) groups is 1. The predicted octanol–water partition coefficient (Wildman–Crippen LogP) is 4.93. The Morgan fingerprint density at radius 2 is 1.91 bits per heavy atom. The van der Waals surface area contributed by atoms with E-state index in [4.69, 9.17) is 21.4 Å². The monoisotopic (exact) mass is 472 g/mol. The maximum Gasteiger partial charge on any atom is 0.255 e. The minimum atomic E-state index is -0.599. The highest BCUT2D eigenvalue weighted by Crippen LogP contribution is 2.39. The van der Waals surface area contributed by atoms with E-state index >= 15 is 0 Å². The first-order valence-electron chi connectivity index (χ1n) is 10.6. The van der Waals surface area contributed by atoms with Crippen LogP contribution in [0.4, 0.5) is 11.6 Å². The summed E-state index contributed by atoms with van der Waals surface area (Å²) in [6.45, 7) is 1.84. The van der Waals surface area contributed by atoms with Crippen LogP contribution in [0.3, 0.4) is 0 Å². The van der Waals surface area contributed by atoms with Gasteiger partial charge in [0.05, 0.1) is 18.4 Å². The van der Waals surface area contributed by atoms with Crippen molar-refractivity contribution < 1.29 is 9.53 Å². The van der Waals surface area contributed by atoms with Gasteiger partial charge >= 0.3 is 0 Å². The van der Waals surface area contributed by atoms with Gasteiger partial charge in [-0.2, -0.15) is 4.98 Å². The molecule has 0 saturated heterocycles. The zero-order chi connectivity index (χ0) is 23.7.